The SMILES string of the molecule is COC(=O)COCCOCCCC(=O)COCCOCCNC(=O)CC(N)CC(C)=O. The molecule has 0 fully saturated rings. The molecule has 11 heteroatoms. The fourth-order valence-electron chi connectivity index (χ4n) is 2.30. The first kappa shape index (κ1) is 29.1. The van der Waals surface area contributed by atoms with Crippen LogP contribution in [0.1, 0.15) is 32.6 Å². The van der Waals surface area contributed by atoms with Gasteiger partial charge in [0.2, 0.25) is 5.91 Å². The summed E-state index contributed by atoms with van der Waals surface area (Å²) < 4.78 is 25.3. The van der Waals surface area contributed by atoms with Crippen LogP contribution in [0.2, 0.25) is 0 Å². The summed E-state index contributed by atoms with van der Waals surface area (Å²) in [4.78, 5) is 45.0. The standard InChI is InChI=1S/C20H36N2O9/c1-16(23)12-17(21)13-19(25)22-5-7-29-9-10-30-14-18(24)4-3-6-28-8-11-31-15-20(26)27-2/h17H,3-15,21H2,1-2H3,(H,22,25). The van der Waals surface area contributed by atoms with E-state index in [1.54, 1.807) is 0 Å². The molecule has 0 saturated carbocycles. The van der Waals surface area contributed by atoms with Gasteiger partial charge < -0.3 is 34.7 Å². The predicted molar refractivity (Wildman–Crippen MR) is 110 cm³/mol. The van der Waals surface area contributed by atoms with Gasteiger partial charge in [-0.1, -0.05) is 0 Å². The molecule has 0 rings (SSSR count). The maximum Gasteiger partial charge on any atom is 0.331 e. The van der Waals surface area contributed by atoms with Crippen molar-refractivity contribution >= 4 is 23.4 Å². The van der Waals surface area contributed by atoms with Crippen molar-refractivity contribution in [2.75, 3.05) is 66.5 Å². The molecule has 1 amide bonds. The van der Waals surface area contributed by atoms with E-state index in [1.807, 2.05) is 0 Å². The minimum absolute atomic E-state index is 0.0103. The highest BCUT2D eigenvalue weighted by Gasteiger charge is 2.11. The molecular weight excluding hydrogens is 412 g/mol. The Bertz CT molecular complexity index is 529. The average molecular weight is 449 g/mol. The van der Waals surface area contributed by atoms with Crippen LogP contribution in [0.5, 0.6) is 0 Å². The van der Waals surface area contributed by atoms with E-state index in [-0.39, 0.29) is 56.7 Å². The molecule has 0 aromatic rings. The summed E-state index contributed by atoms with van der Waals surface area (Å²) in [5.41, 5.74) is 5.68. The topological polar surface area (TPSA) is 152 Å². The van der Waals surface area contributed by atoms with Crippen LogP contribution in [0.3, 0.4) is 0 Å². The van der Waals surface area contributed by atoms with Gasteiger partial charge in [0.25, 0.3) is 0 Å². The summed E-state index contributed by atoms with van der Waals surface area (Å²) in [5.74, 6) is -0.739. The number of esters is 1. The molecule has 0 bridgehead atoms. The summed E-state index contributed by atoms with van der Waals surface area (Å²) in [6, 6.07) is -0.469. The molecule has 0 saturated heterocycles. The van der Waals surface area contributed by atoms with Gasteiger partial charge in [-0.25, -0.2) is 4.79 Å². The van der Waals surface area contributed by atoms with Crippen LogP contribution < -0.4 is 11.1 Å². The summed E-state index contributed by atoms with van der Waals surface area (Å²) in [6.45, 7) is 3.60. The lowest BCUT2D eigenvalue weighted by Crippen LogP contribution is -2.34. The fraction of sp³-hybridized carbons (Fsp3) is 0.800. The maximum absolute atomic E-state index is 11.7. The van der Waals surface area contributed by atoms with E-state index in [0.29, 0.717) is 45.8 Å². The fourth-order valence-corrected chi connectivity index (χ4v) is 2.30. The third-order valence-corrected chi connectivity index (χ3v) is 3.76. The highest BCUT2D eigenvalue weighted by atomic mass is 16.6. The number of nitrogens with two attached hydrogens (primary N) is 1. The summed E-state index contributed by atoms with van der Waals surface area (Å²) in [5, 5.41) is 2.66. The Hall–Kier alpha value is -1.92. The zero-order chi connectivity index (χ0) is 23.3. The molecule has 3 N–H and O–H groups in total. The monoisotopic (exact) mass is 448 g/mol. The first-order chi connectivity index (χ1) is 14.8. The number of ether oxygens (including phenoxy) is 5. The van der Waals surface area contributed by atoms with Crippen molar-refractivity contribution in [1.82, 2.24) is 5.32 Å². The van der Waals surface area contributed by atoms with E-state index < -0.39 is 12.0 Å². The number of carbonyl (C=O) groups excluding carboxylic acids is 4. The second kappa shape index (κ2) is 20.0. The molecule has 11 nitrogen and oxygen atoms in total. The van der Waals surface area contributed by atoms with Crippen LogP contribution in [-0.4, -0.2) is 96.0 Å². The van der Waals surface area contributed by atoms with Crippen molar-refractivity contribution in [3.8, 4) is 0 Å². The maximum atomic E-state index is 11.7. The molecule has 180 valence electrons. The lowest BCUT2D eigenvalue weighted by Gasteiger charge is -2.10. The minimum atomic E-state index is -0.469. The molecular formula is C20H36N2O9. The summed E-state index contributed by atoms with van der Waals surface area (Å²) in [7, 11) is 1.29. The number of carbonyl (C=O) groups is 4. The van der Waals surface area contributed by atoms with E-state index in [1.165, 1.54) is 14.0 Å². The van der Waals surface area contributed by atoms with E-state index in [4.69, 9.17) is 24.7 Å². The summed E-state index contributed by atoms with van der Waals surface area (Å²) in [6.07, 6.45) is 1.20. The number of hydrogen-bond acceptors (Lipinski definition) is 10. The molecule has 0 aliphatic carbocycles. The molecule has 0 radical (unpaired) electrons. The third kappa shape index (κ3) is 21.1. The molecule has 0 aromatic carbocycles. The number of Topliss-reactive ketones (excluding diaryl/α,β-unsaturated/α-hetero) is 2. The molecule has 31 heavy (non-hydrogen) atoms. The van der Waals surface area contributed by atoms with Gasteiger partial charge in [0.15, 0.2) is 5.78 Å². The van der Waals surface area contributed by atoms with Crippen LogP contribution in [0.15, 0.2) is 0 Å². The lowest BCUT2D eigenvalue weighted by molar-refractivity contribution is -0.146. The Kier molecular flexibility index (Phi) is 18.8. The van der Waals surface area contributed by atoms with Crippen LogP contribution in [-0.2, 0) is 42.9 Å². The molecule has 1 atom stereocenters. The van der Waals surface area contributed by atoms with Crippen LogP contribution in [0.25, 0.3) is 0 Å². The zero-order valence-electron chi connectivity index (χ0n) is 18.5. The van der Waals surface area contributed by atoms with Crippen molar-refractivity contribution in [1.29, 1.82) is 0 Å². The van der Waals surface area contributed by atoms with Crippen molar-refractivity contribution < 1.29 is 42.9 Å². The number of methoxy groups -OCH3 is 1. The van der Waals surface area contributed by atoms with Crippen LogP contribution in [0, 0.1) is 0 Å². The number of nitrogens with one attached hydrogen (secondary N) is 1. The van der Waals surface area contributed by atoms with Gasteiger partial charge in [-0.15, -0.1) is 0 Å². The van der Waals surface area contributed by atoms with E-state index in [2.05, 4.69) is 10.1 Å². The third-order valence-electron chi connectivity index (χ3n) is 3.76. The first-order valence-corrected chi connectivity index (χ1v) is 10.3. The van der Waals surface area contributed by atoms with Crippen molar-refractivity contribution in [3.63, 3.8) is 0 Å². The Morgan fingerprint density at radius 2 is 1.45 bits per heavy atom. The molecule has 0 aliphatic rings. The number of hydrogen-bond donors (Lipinski definition) is 2. The molecule has 0 aliphatic heterocycles. The highest BCUT2D eigenvalue weighted by Crippen LogP contribution is 1.96. The Morgan fingerprint density at radius 3 is 2.10 bits per heavy atom. The quantitative estimate of drug-likeness (QED) is 0.172. The van der Waals surface area contributed by atoms with Crippen molar-refractivity contribution in [3.05, 3.63) is 0 Å². The van der Waals surface area contributed by atoms with Crippen LogP contribution in [0.4, 0.5) is 0 Å². The van der Waals surface area contributed by atoms with E-state index in [9.17, 15) is 19.2 Å². The van der Waals surface area contributed by atoms with Gasteiger partial charge in [0.1, 0.15) is 19.0 Å². The average Bonchev–Trinajstić information content (AvgIpc) is 2.70. The van der Waals surface area contributed by atoms with E-state index in [0.717, 1.165) is 0 Å². The Balaban J connectivity index is 3.38. The number of ketones is 2. The Morgan fingerprint density at radius 1 is 0.839 bits per heavy atom. The van der Waals surface area contributed by atoms with Crippen molar-refractivity contribution in [2.45, 2.75) is 38.6 Å². The van der Waals surface area contributed by atoms with Gasteiger partial charge >= 0.3 is 5.97 Å². The highest BCUT2D eigenvalue weighted by molar-refractivity contribution is 5.80. The van der Waals surface area contributed by atoms with Gasteiger partial charge in [0.05, 0.1) is 40.1 Å². The molecule has 0 spiro atoms. The number of rotatable bonds is 21. The van der Waals surface area contributed by atoms with Gasteiger partial charge in [-0.3, -0.25) is 14.4 Å². The van der Waals surface area contributed by atoms with Gasteiger partial charge in [-0.2, -0.15) is 0 Å². The molecule has 0 heterocycles. The molecule has 0 aromatic heterocycles. The van der Waals surface area contributed by atoms with E-state index >= 15 is 0 Å². The molecule has 1 unspecified atom stereocenters. The first-order valence-electron chi connectivity index (χ1n) is 10.3. The second-order valence-electron chi connectivity index (χ2n) is 6.77. The summed E-state index contributed by atoms with van der Waals surface area (Å²) >= 11 is 0. The largest absolute Gasteiger partial charge is 0.467 e. The zero-order valence-corrected chi connectivity index (χ0v) is 18.5. The van der Waals surface area contributed by atoms with Crippen molar-refractivity contribution in [2.24, 2.45) is 5.73 Å². The second-order valence-corrected chi connectivity index (χ2v) is 6.77. The van der Waals surface area contributed by atoms with Crippen LogP contribution >= 0.6 is 0 Å². The lowest BCUT2D eigenvalue weighted by atomic mass is 10.1. The Labute approximate surface area is 183 Å². The normalized spacial score (nSPS) is 11.7. The number of amides is 1. The van der Waals surface area contributed by atoms with Gasteiger partial charge in [0, 0.05) is 38.5 Å². The predicted octanol–water partition coefficient (Wildman–Crippen LogP) is -0.612. The van der Waals surface area contributed by atoms with Gasteiger partial charge in [-0.05, 0) is 13.3 Å². The minimum Gasteiger partial charge on any atom is -0.467 e. The smallest absolute Gasteiger partial charge is 0.331 e.